The van der Waals surface area contributed by atoms with Crippen LogP contribution in [0.5, 0.6) is 0 Å². The number of unbranched alkanes of at least 4 members (excludes halogenated alkanes) is 1. The van der Waals surface area contributed by atoms with Gasteiger partial charge >= 0.3 is 6.18 Å². The van der Waals surface area contributed by atoms with Crippen molar-refractivity contribution in [2.24, 2.45) is 0 Å². The first kappa shape index (κ1) is 17.2. The molecule has 0 aromatic heterocycles. The number of hydrogen-bond acceptors (Lipinski definition) is 2. The second-order valence-corrected chi connectivity index (χ2v) is 5.81. The summed E-state index contributed by atoms with van der Waals surface area (Å²) in [5.41, 5.74) is 0.810. The summed E-state index contributed by atoms with van der Waals surface area (Å²) >= 11 is 0.843. The molecule has 1 N–H and O–H groups in total. The van der Waals surface area contributed by atoms with E-state index in [0.29, 0.717) is 10.9 Å². The number of thioether (sulfide) groups is 1. The Morgan fingerprint density at radius 2 is 1.90 bits per heavy atom. The van der Waals surface area contributed by atoms with E-state index in [9.17, 15) is 13.2 Å². The number of rotatable bonds is 8. The molecular formula is C15H22F3NS. The number of halogens is 3. The number of hydrogen-bond donors (Lipinski definition) is 1. The molecule has 1 aromatic carbocycles. The van der Waals surface area contributed by atoms with Gasteiger partial charge in [-0.3, -0.25) is 0 Å². The summed E-state index contributed by atoms with van der Waals surface area (Å²) in [4.78, 5) is 0.666. The fourth-order valence-corrected chi connectivity index (χ4v) is 2.70. The van der Waals surface area contributed by atoms with Crippen molar-refractivity contribution in [1.82, 2.24) is 0 Å². The molecule has 5 heteroatoms. The highest BCUT2D eigenvalue weighted by molar-refractivity contribution is 7.99. The molecule has 0 radical (unpaired) electrons. The number of alkyl halides is 3. The van der Waals surface area contributed by atoms with Gasteiger partial charge in [0.2, 0.25) is 0 Å². The smallest absolute Gasteiger partial charge is 0.381 e. The molecule has 114 valence electrons. The first-order valence-corrected chi connectivity index (χ1v) is 8.00. The molecule has 0 spiro atoms. The third kappa shape index (κ3) is 6.55. The first-order valence-electron chi connectivity index (χ1n) is 7.01. The van der Waals surface area contributed by atoms with E-state index in [-0.39, 0.29) is 0 Å². The summed E-state index contributed by atoms with van der Waals surface area (Å²) < 4.78 is 37.0. The van der Waals surface area contributed by atoms with E-state index in [1.165, 1.54) is 0 Å². The van der Waals surface area contributed by atoms with Gasteiger partial charge in [0.05, 0.1) is 5.75 Å². The summed E-state index contributed by atoms with van der Waals surface area (Å²) in [7, 11) is 0. The molecule has 0 aliphatic rings. The second-order valence-electron chi connectivity index (χ2n) is 4.79. The van der Waals surface area contributed by atoms with E-state index < -0.39 is 11.9 Å². The monoisotopic (exact) mass is 305 g/mol. The summed E-state index contributed by atoms with van der Waals surface area (Å²) in [6, 6.07) is 7.55. The van der Waals surface area contributed by atoms with Crippen LogP contribution in [0.4, 0.5) is 18.9 Å². The fourth-order valence-electron chi connectivity index (χ4n) is 1.92. The Balaban J connectivity index is 2.68. The Morgan fingerprint density at radius 1 is 1.20 bits per heavy atom. The van der Waals surface area contributed by atoms with Crippen molar-refractivity contribution in [3.63, 3.8) is 0 Å². The van der Waals surface area contributed by atoms with E-state index >= 15 is 0 Å². The van der Waals surface area contributed by atoms with Crippen molar-refractivity contribution in [1.29, 1.82) is 0 Å². The molecule has 0 saturated carbocycles. The van der Waals surface area contributed by atoms with Gasteiger partial charge in [0.15, 0.2) is 0 Å². The Labute approximate surface area is 123 Å². The zero-order valence-corrected chi connectivity index (χ0v) is 12.8. The number of nitrogens with one attached hydrogen (secondary N) is 1. The minimum absolute atomic E-state index is 0.322. The molecule has 1 atom stereocenters. The molecule has 0 aliphatic heterocycles. The predicted octanol–water partition coefficient (Wildman–Crippen LogP) is 5.72. The third-order valence-electron chi connectivity index (χ3n) is 3.04. The summed E-state index contributed by atoms with van der Waals surface area (Å²) in [5.74, 6) is -0.850. The van der Waals surface area contributed by atoms with Gasteiger partial charge in [-0.05, 0) is 25.0 Å². The van der Waals surface area contributed by atoms with Gasteiger partial charge in [0, 0.05) is 16.6 Å². The van der Waals surface area contributed by atoms with Gasteiger partial charge in [-0.15, -0.1) is 11.8 Å². The second kappa shape index (κ2) is 8.45. The van der Waals surface area contributed by atoms with Crippen LogP contribution >= 0.6 is 11.8 Å². The van der Waals surface area contributed by atoms with Crippen LogP contribution in [0.25, 0.3) is 0 Å². The van der Waals surface area contributed by atoms with E-state index in [1.807, 2.05) is 12.1 Å². The Hall–Kier alpha value is -0.840. The minimum atomic E-state index is -4.13. The Kier molecular flexibility index (Phi) is 7.27. The van der Waals surface area contributed by atoms with Crippen LogP contribution in [0.15, 0.2) is 29.2 Å². The number of anilines is 1. The molecule has 1 unspecified atom stereocenters. The van der Waals surface area contributed by atoms with Gasteiger partial charge in [0.1, 0.15) is 0 Å². The van der Waals surface area contributed by atoms with Gasteiger partial charge in [0.25, 0.3) is 0 Å². The molecular weight excluding hydrogens is 283 g/mol. The molecule has 0 bridgehead atoms. The topological polar surface area (TPSA) is 12.0 Å². The van der Waals surface area contributed by atoms with Crippen molar-refractivity contribution in [2.75, 3.05) is 11.1 Å². The molecule has 20 heavy (non-hydrogen) atoms. The molecule has 0 saturated heterocycles. The van der Waals surface area contributed by atoms with E-state index in [0.717, 1.165) is 43.1 Å². The lowest BCUT2D eigenvalue weighted by atomic mass is 10.1. The quantitative estimate of drug-likeness (QED) is 0.616. The Bertz CT molecular complexity index is 393. The van der Waals surface area contributed by atoms with Gasteiger partial charge in [-0.1, -0.05) is 38.8 Å². The van der Waals surface area contributed by atoms with Crippen molar-refractivity contribution < 1.29 is 13.2 Å². The maximum atomic E-state index is 12.3. The van der Waals surface area contributed by atoms with E-state index in [4.69, 9.17) is 0 Å². The van der Waals surface area contributed by atoms with Crippen LogP contribution in [-0.2, 0) is 0 Å². The number of benzene rings is 1. The highest BCUT2D eigenvalue weighted by Gasteiger charge is 2.27. The average molecular weight is 305 g/mol. The largest absolute Gasteiger partial charge is 0.398 e. The molecule has 1 nitrogen and oxygen atoms in total. The van der Waals surface area contributed by atoms with Crippen LogP contribution in [0.1, 0.15) is 39.5 Å². The molecule has 1 rings (SSSR count). The lowest BCUT2D eigenvalue weighted by Gasteiger charge is -2.20. The summed E-state index contributed by atoms with van der Waals surface area (Å²) in [6.07, 6.45) is 0.139. The summed E-state index contributed by atoms with van der Waals surface area (Å²) in [5, 5.41) is 3.38. The number of para-hydroxylation sites is 1. The fraction of sp³-hybridized carbons (Fsp3) is 0.600. The van der Waals surface area contributed by atoms with Crippen LogP contribution in [-0.4, -0.2) is 18.0 Å². The molecule has 0 aliphatic carbocycles. The molecule has 1 aromatic rings. The average Bonchev–Trinajstić information content (AvgIpc) is 2.41. The minimum Gasteiger partial charge on any atom is -0.381 e. The highest BCUT2D eigenvalue weighted by Crippen LogP contribution is 2.32. The third-order valence-corrected chi connectivity index (χ3v) is 4.18. The van der Waals surface area contributed by atoms with Crippen molar-refractivity contribution in [2.45, 2.75) is 56.6 Å². The summed E-state index contributed by atoms with van der Waals surface area (Å²) in [6.45, 7) is 4.23. The highest BCUT2D eigenvalue weighted by atomic mass is 32.2. The molecule has 0 amide bonds. The molecule has 0 heterocycles. The van der Waals surface area contributed by atoms with E-state index in [2.05, 4.69) is 19.2 Å². The zero-order valence-electron chi connectivity index (χ0n) is 12.0. The Morgan fingerprint density at radius 3 is 2.50 bits per heavy atom. The van der Waals surface area contributed by atoms with Crippen molar-refractivity contribution in [3.8, 4) is 0 Å². The van der Waals surface area contributed by atoms with Gasteiger partial charge in [-0.2, -0.15) is 13.2 Å². The predicted molar refractivity (Wildman–Crippen MR) is 80.4 cm³/mol. The standard InChI is InChI=1S/C15H22F3NS/c1-3-5-8-12(4-2)19-13-9-6-7-10-14(13)20-11-15(16,17)18/h6-7,9-10,12,19H,3-5,8,11H2,1-2H3. The van der Waals surface area contributed by atoms with Crippen LogP contribution in [0.3, 0.4) is 0 Å². The van der Waals surface area contributed by atoms with Crippen LogP contribution in [0, 0.1) is 0 Å². The normalized spacial score (nSPS) is 13.2. The van der Waals surface area contributed by atoms with Crippen LogP contribution in [0.2, 0.25) is 0 Å². The zero-order chi connectivity index (χ0) is 15.0. The van der Waals surface area contributed by atoms with Gasteiger partial charge < -0.3 is 5.32 Å². The van der Waals surface area contributed by atoms with Crippen molar-refractivity contribution in [3.05, 3.63) is 24.3 Å². The lowest BCUT2D eigenvalue weighted by molar-refractivity contribution is -0.105. The first-order chi connectivity index (χ1) is 9.46. The SMILES string of the molecule is CCCCC(CC)Nc1ccccc1SCC(F)(F)F. The maximum absolute atomic E-state index is 12.3. The molecule has 0 fully saturated rings. The van der Waals surface area contributed by atoms with Crippen molar-refractivity contribution >= 4 is 17.4 Å². The van der Waals surface area contributed by atoms with E-state index in [1.54, 1.807) is 12.1 Å². The maximum Gasteiger partial charge on any atom is 0.398 e. The van der Waals surface area contributed by atoms with Crippen LogP contribution < -0.4 is 5.32 Å². The lowest BCUT2D eigenvalue weighted by Crippen LogP contribution is -2.19. The van der Waals surface area contributed by atoms with Gasteiger partial charge in [-0.25, -0.2) is 0 Å².